The SMILES string of the molecule is C.CCN1CCC(NC)CC1.CS(=O)O. The minimum atomic E-state index is -1.61. The molecule has 0 saturated carbocycles. The Morgan fingerprint density at radius 1 is 1.47 bits per heavy atom. The molecule has 0 aromatic heterocycles. The van der Waals surface area contributed by atoms with Gasteiger partial charge in [0.05, 0.1) is 0 Å². The number of nitrogens with zero attached hydrogens (tertiary/aromatic N) is 1. The molecule has 1 saturated heterocycles. The second-order valence-corrected chi connectivity index (χ2v) is 4.27. The summed E-state index contributed by atoms with van der Waals surface area (Å²) in [6.45, 7) is 6.01. The highest BCUT2D eigenvalue weighted by atomic mass is 32.2. The zero-order valence-corrected chi connectivity index (χ0v) is 10.1. The van der Waals surface area contributed by atoms with Gasteiger partial charge in [-0.25, -0.2) is 4.21 Å². The van der Waals surface area contributed by atoms with Crippen LogP contribution in [0.4, 0.5) is 0 Å². The third kappa shape index (κ3) is 10.3. The van der Waals surface area contributed by atoms with Crippen molar-refractivity contribution in [3.63, 3.8) is 0 Å². The first-order valence-corrected chi connectivity index (χ1v) is 6.53. The van der Waals surface area contributed by atoms with Gasteiger partial charge in [-0.2, -0.15) is 0 Å². The minimum absolute atomic E-state index is 0. The maximum absolute atomic E-state index is 9.11. The summed E-state index contributed by atoms with van der Waals surface area (Å²) in [6.07, 6.45) is 3.84. The highest BCUT2D eigenvalue weighted by molar-refractivity contribution is 7.78. The number of nitrogens with one attached hydrogen (secondary N) is 1. The van der Waals surface area contributed by atoms with Gasteiger partial charge in [0.25, 0.3) is 0 Å². The van der Waals surface area contributed by atoms with Crippen LogP contribution in [0.25, 0.3) is 0 Å². The van der Waals surface area contributed by atoms with Gasteiger partial charge in [-0.05, 0) is 39.5 Å². The summed E-state index contributed by atoms with van der Waals surface area (Å²) < 4.78 is 16.6. The van der Waals surface area contributed by atoms with Crippen LogP contribution < -0.4 is 5.32 Å². The molecule has 0 amide bonds. The first kappa shape index (κ1) is 17.4. The summed E-state index contributed by atoms with van der Waals surface area (Å²) in [5, 5.41) is 3.32. The zero-order chi connectivity index (χ0) is 11.0. The highest BCUT2D eigenvalue weighted by Crippen LogP contribution is 2.08. The van der Waals surface area contributed by atoms with Crippen LogP contribution in [0.5, 0.6) is 0 Å². The second kappa shape index (κ2) is 10.5. The summed E-state index contributed by atoms with van der Waals surface area (Å²) in [4.78, 5) is 2.51. The van der Waals surface area contributed by atoms with Crippen LogP contribution in [-0.4, -0.2) is 52.6 Å². The summed E-state index contributed by atoms with van der Waals surface area (Å²) >= 11 is -1.61. The smallest absolute Gasteiger partial charge is 0.149 e. The number of hydrogen-bond acceptors (Lipinski definition) is 3. The van der Waals surface area contributed by atoms with Gasteiger partial charge in [0.2, 0.25) is 0 Å². The van der Waals surface area contributed by atoms with Crippen LogP contribution in [0.3, 0.4) is 0 Å². The normalized spacial score (nSPS) is 19.7. The van der Waals surface area contributed by atoms with E-state index in [4.69, 9.17) is 8.76 Å². The third-order valence-electron chi connectivity index (χ3n) is 2.44. The molecule has 0 aliphatic carbocycles. The summed E-state index contributed by atoms with van der Waals surface area (Å²) in [7, 11) is 2.06. The van der Waals surface area contributed by atoms with Crippen molar-refractivity contribution < 1.29 is 8.76 Å². The van der Waals surface area contributed by atoms with Gasteiger partial charge >= 0.3 is 0 Å². The molecule has 1 aliphatic heterocycles. The van der Waals surface area contributed by atoms with E-state index in [2.05, 4.69) is 24.2 Å². The predicted molar refractivity (Wildman–Crippen MR) is 67.6 cm³/mol. The summed E-state index contributed by atoms with van der Waals surface area (Å²) in [5.41, 5.74) is 0. The highest BCUT2D eigenvalue weighted by Gasteiger charge is 2.15. The molecule has 5 heteroatoms. The van der Waals surface area contributed by atoms with Gasteiger partial charge in [-0.1, -0.05) is 14.4 Å². The molecule has 0 aromatic rings. The van der Waals surface area contributed by atoms with Gasteiger partial charge in [0.1, 0.15) is 11.1 Å². The molecule has 1 atom stereocenters. The van der Waals surface area contributed by atoms with Gasteiger partial charge < -0.3 is 14.8 Å². The van der Waals surface area contributed by atoms with Gasteiger partial charge in [-0.3, -0.25) is 0 Å². The molecular formula is C10H26N2O2S. The fourth-order valence-corrected chi connectivity index (χ4v) is 1.54. The first-order chi connectivity index (χ1) is 6.60. The van der Waals surface area contributed by atoms with Crippen LogP contribution >= 0.6 is 0 Å². The molecule has 94 valence electrons. The Hall–Kier alpha value is 0.0300. The molecule has 1 fully saturated rings. The van der Waals surface area contributed by atoms with E-state index in [0.717, 1.165) is 6.04 Å². The average Bonchev–Trinajstić information content (AvgIpc) is 2.17. The topological polar surface area (TPSA) is 52.6 Å². The van der Waals surface area contributed by atoms with E-state index in [1.165, 1.54) is 38.7 Å². The lowest BCUT2D eigenvalue weighted by atomic mass is 10.1. The Kier molecular flexibility index (Phi) is 12.2. The first-order valence-electron chi connectivity index (χ1n) is 5.02. The Bertz CT molecular complexity index is 144. The molecule has 15 heavy (non-hydrogen) atoms. The fraction of sp³-hybridized carbons (Fsp3) is 1.00. The van der Waals surface area contributed by atoms with Gasteiger partial charge in [0.15, 0.2) is 0 Å². The molecule has 0 radical (unpaired) electrons. The number of rotatable bonds is 2. The number of hydrogen-bond donors (Lipinski definition) is 2. The molecule has 1 unspecified atom stereocenters. The van der Waals surface area contributed by atoms with Crippen molar-refractivity contribution in [2.45, 2.75) is 33.2 Å². The predicted octanol–water partition coefficient (Wildman–Crippen LogP) is 1.16. The van der Waals surface area contributed by atoms with Crippen molar-refractivity contribution >= 4 is 11.1 Å². The molecule has 0 aromatic carbocycles. The maximum atomic E-state index is 9.11. The van der Waals surface area contributed by atoms with Crippen molar-refractivity contribution in [1.82, 2.24) is 10.2 Å². The molecule has 1 rings (SSSR count). The Labute approximate surface area is 96.7 Å². The standard InChI is InChI=1S/C8H18N2.CH4O2S.CH4/c1-3-10-6-4-8(9-2)5-7-10;1-4(2)3;/h8-9H,3-7H2,1-2H3;1H3,(H,2,3);1H4. The van der Waals surface area contributed by atoms with Gasteiger partial charge in [-0.15, -0.1) is 0 Å². The number of likely N-dealkylation sites (tertiary alicyclic amines) is 1. The van der Waals surface area contributed by atoms with E-state index in [0.29, 0.717) is 0 Å². The van der Waals surface area contributed by atoms with E-state index in [-0.39, 0.29) is 7.43 Å². The van der Waals surface area contributed by atoms with E-state index >= 15 is 0 Å². The lowest BCUT2D eigenvalue weighted by Gasteiger charge is -2.30. The summed E-state index contributed by atoms with van der Waals surface area (Å²) in [6, 6.07) is 0.780. The zero-order valence-electron chi connectivity index (χ0n) is 9.32. The van der Waals surface area contributed by atoms with Crippen LogP contribution in [0.1, 0.15) is 27.2 Å². The number of piperidine rings is 1. The van der Waals surface area contributed by atoms with Gasteiger partial charge in [0, 0.05) is 12.3 Å². The fourth-order valence-electron chi connectivity index (χ4n) is 1.54. The molecule has 0 bridgehead atoms. The van der Waals surface area contributed by atoms with Crippen molar-refractivity contribution in [2.75, 3.05) is 32.9 Å². The Balaban J connectivity index is 0. The minimum Gasteiger partial charge on any atom is -0.317 e. The van der Waals surface area contributed by atoms with E-state index < -0.39 is 11.1 Å². The largest absolute Gasteiger partial charge is 0.317 e. The second-order valence-electron chi connectivity index (χ2n) is 3.42. The van der Waals surface area contributed by atoms with E-state index in [1.807, 2.05) is 0 Å². The van der Waals surface area contributed by atoms with Crippen molar-refractivity contribution in [3.8, 4) is 0 Å². The molecular weight excluding hydrogens is 212 g/mol. The van der Waals surface area contributed by atoms with E-state index in [9.17, 15) is 0 Å². The molecule has 0 spiro atoms. The van der Waals surface area contributed by atoms with Crippen LogP contribution in [-0.2, 0) is 11.1 Å². The van der Waals surface area contributed by atoms with Crippen molar-refractivity contribution in [1.29, 1.82) is 0 Å². The summed E-state index contributed by atoms with van der Waals surface area (Å²) in [5.74, 6) is 0. The molecule has 1 aliphatic rings. The average molecular weight is 238 g/mol. The molecule has 4 nitrogen and oxygen atoms in total. The van der Waals surface area contributed by atoms with Crippen molar-refractivity contribution in [2.24, 2.45) is 0 Å². The Morgan fingerprint density at radius 2 is 1.87 bits per heavy atom. The quantitative estimate of drug-likeness (QED) is 0.709. The lowest BCUT2D eigenvalue weighted by Crippen LogP contribution is -2.40. The third-order valence-corrected chi connectivity index (χ3v) is 2.44. The lowest BCUT2D eigenvalue weighted by molar-refractivity contribution is 0.211. The van der Waals surface area contributed by atoms with Crippen molar-refractivity contribution in [3.05, 3.63) is 0 Å². The Morgan fingerprint density at radius 3 is 2.13 bits per heavy atom. The monoisotopic (exact) mass is 238 g/mol. The maximum Gasteiger partial charge on any atom is 0.149 e. The van der Waals surface area contributed by atoms with Crippen LogP contribution in [0.2, 0.25) is 0 Å². The molecule has 1 heterocycles. The van der Waals surface area contributed by atoms with E-state index in [1.54, 1.807) is 0 Å². The van der Waals surface area contributed by atoms with Crippen LogP contribution in [0.15, 0.2) is 0 Å². The van der Waals surface area contributed by atoms with Crippen LogP contribution in [0, 0.1) is 0 Å². The molecule has 2 N–H and O–H groups in total.